The molecule has 0 aromatic rings. The number of amides is 2. The van der Waals surface area contributed by atoms with Gasteiger partial charge >= 0.3 is 5.97 Å². The SMILES string of the molecule is CCOC(=O)/C(C)=C/[C@H](C(C)C)N(C)C(=O)[C@@H](NC(=O)C1CCCCN1C(C)C1CCC1)C(C)(C)C. The van der Waals surface area contributed by atoms with E-state index in [-0.39, 0.29) is 35.8 Å². The highest BCUT2D eigenvalue weighted by atomic mass is 16.5. The van der Waals surface area contributed by atoms with Crippen molar-refractivity contribution in [3.05, 3.63) is 11.6 Å². The van der Waals surface area contributed by atoms with Crippen LogP contribution in [-0.4, -0.2) is 72.0 Å². The minimum Gasteiger partial charge on any atom is -0.463 e. The molecular weight excluding hydrogens is 454 g/mol. The lowest BCUT2D eigenvalue weighted by Gasteiger charge is -2.45. The maximum atomic E-state index is 13.9. The minimum atomic E-state index is -0.671. The number of esters is 1. The number of nitrogens with one attached hydrogen (secondary N) is 1. The Morgan fingerprint density at radius 2 is 1.72 bits per heavy atom. The number of piperidine rings is 1. The summed E-state index contributed by atoms with van der Waals surface area (Å²) in [5, 5.41) is 3.17. The highest BCUT2D eigenvalue weighted by Gasteiger charge is 2.41. The van der Waals surface area contributed by atoms with E-state index in [0.717, 1.165) is 25.8 Å². The first-order valence-corrected chi connectivity index (χ1v) is 14.0. The molecule has 2 rings (SSSR count). The molecule has 0 radical (unpaired) electrons. The van der Waals surface area contributed by atoms with Crippen molar-refractivity contribution >= 4 is 17.8 Å². The first kappa shape index (κ1) is 30.3. The van der Waals surface area contributed by atoms with Gasteiger partial charge < -0.3 is 15.0 Å². The van der Waals surface area contributed by atoms with Gasteiger partial charge in [0.1, 0.15) is 6.04 Å². The van der Waals surface area contributed by atoms with Gasteiger partial charge in [-0.05, 0) is 70.3 Å². The normalized spacial score (nSPS) is 22.4. The fraction of sp³-hybridized carbons (Fsp3) is 0.828. The van der Waals surface area contributed by atoms with Crippen LogP contribution in [0.4, 0.5) is 0 Å². The second kappa shape index (κ2) is 13.1. The monoisotopic (exact) mass is 505 g/mol. The van der Waals surface area contributed by atoms with Crippen molar-refractivity contribution in [3.8, 4) is 0 Å². The van der Waals surface area contributed by atoms with E-state index in [9.17, 15) is 14.4 Å². The summed E-state index contributed by atoms with van der Waals surface area (Å²) in [7, 11) is 1.76. The van der Waals surface area contributed by atoms with E-state index >= 15 is 0 Å². The van der Waals surface area contributed by atoms with E-state index in [2.05, 4.69) is 17.1 Å². The zero-order valence-electron chi connectivity index (χ0n) is 24.2. The van der Waals surface area contributed by atoms with Gasteiger partial charge in [-0.1, -0.05) is 53.5 Å². The quantitative estimate of drug-likeness (QED) is 0.348. The van der Waals surface area contributed by atoms with Crippen molar-refractivity contribution in [2.75, 3.05) is 20.2 Å². The second-order valence-corrected chi connectivity index (χ2v) is 12.2. The average molecular weight is 506 g/mol. The third-order valence-electron chi connectivity index (χ3n) is 8.10. The fourth-order valence-electron chi connectivity index (χ4n) is 5.47. The lowest BCUT2D eigenvalue weighted by molar-refractivity contribution is -0.142. The molecular formula is C29H51N3O4. The summed E-state index contributed by atoms with van der Waals surface area (Å²) < 4.78 is 5.13. The highest BCUT2D eigenvalue weighted by Crippen LogP contribution is 2.35. The van der Waals surface area contributed by atoms with Gasteiger partial charge in [-0.25, -0.2) is 4.79 Å². The summed E-state index contributed by atoms with van der Waals surface area (Å²) in [4.78, 5) is 43.8. The average Bonchev–Trinajstić information content (AvgIpc) is 2.77. The second-order valence-electron chi connectivity index (χ2n) is 12.2. The van der Waals surface area contributed by atoms with Gasteiger partial charge in [0.05, 0.1) is 18.7 Å². The number of carbonyl (C=O) groups is 3. The van der Waals surface area contributed by atoms with E-state index in [1.54, 1.807) is 25.8 Å². The van der Waals surface area contributed by atoms with Gasteiger partial charge in [0.25, 0.3) is 0 Å². The number of nitrogens with zero attached hydrogens (tertiary/aromatic N) is 2. The number of hydrogen-bond donors (Lipinski definition) is 1. The predicted molar refractivity (Wildman–Crippen MR) is 144 cm³/mol. The smallest absolute Gasteiger partial charge is 0.333 e. The number of ether oxygens (including phenoxy) is 1. The molecule has 2 aliphatic rings. The summed E-state index contributed by atoms with van der Waals surface area (Å²) in [6, 6.07) is -0.768. The van der Waals surface area contributed by atoms with Crippen LogP contribution in [0.3, 0.4) is 0 Å². The van der Waals surface area contributed by atoms with Crippen LogP contribution in [0.1, 0.15) is 93.9 Å². The molecule has 36 heavy (non-hydrogen) atoms. The molecule has 1 aliphatic heterocycles. The Hall–Kier alpha value is -1.89. The summed E-state index contributed by atoms with van der Waals surface area (Å²) in [5.74, 6) is 0.198. The molecule has 0 spiro atoms. The van der Waals surface area contributed by atoms with Crippen molar-refractivity contribution in [1.82, 2.24) is 15.1 Å². The van der Waals surface area contributed by atoms with Crippen molar-refractivity contribution in [1.29, 1.82) is 0 Å². The molecule has 7 heteroatoms. The van der Waals surface area contributed by atoms with E-state index in [1.165, 1.54) is 19.3 Å². The maximum absolute atomic E-state index is 13.9. The molecule has 7 nitrogen and oxygen atoms in total. The Kier molecular flexibility index (Phi) is 11.0. The molecule has 1 saturated heterocycles. The van der Waals surface area contributed by atoms with Crippen LogP contribution in [0, 0.1) is 17.3 Å². The van der Waals surface area contributed by atoms with Crippen LogP contribution in [0.5, 0.6) is 0 Å². The van der Waals surface area contributed by atoms with Crippen molar-refractivity contribution in [2.24, 2.45) is 17.3 Å². The molecule has 1 heterocycles. The molecule has 0 aromatic heterocycles. The Balaban J connectivity index is 2.23. The van der Waals surface area contributed by atoms with Crippen LogP contribution in [0.25, 0.3) is 0 Å². The van der Waals surface area contributed by atoms with Gasteiger partial charge in [-0.3, -0.25) is 14.5 Å². The third kappa shape index (κ3) is 7.56. The van der Waals surface area contributed by atoms with Crippen LogP contribution in [-0.2, 0) is 19.1 Å². The lowest BCUT2D eigenvalue weighted by atomic mass is 9.78. The topological polar surface area (TPSA) is 79.0 Å². The molecule has 2 fully saturated rings. The Morgan fingerprint density at radius 1 is 1.08 bits per heavy atom. The van der Waals surface area contributed by atoms with Crippen molar-refractivity contribution < 1.29 is 19.1 Å². The standard InChI is InChI=1S/C29H51N3O4/c1-10-36-28(35)20(4)18-24(19(2)3)31(9)27(34)25(29(6,7)8)30-26(33)23-16-11-12-17-32(23)21(5)22-14-13-15-22/h18-19,21-25H,10-17H2,1-9H3,(H,30,33)/b20-18+/t21?,23?,24-,25-/m1/s1. The Morgan fingerprint density at radius 3 is 2.22 bits per heavy atom. The number of rotatable bonds is 10. The van der Waals surface area contributed by atoms with Gasteiger partial charge in [0.15, 0.2) is 0 Å². The molecule has 4 atom stereocenters. The van der Waals surface area contributed by atoms with E-state index in [4.69, 9.17) is 4.74 Å². The molecule has 2 unspecified atom stereocenters. The van der Waals surface area contributed by atoms with Gasteiger partial charge in [0, 0.05) is 18.7 Å². The molecule has 1 aliphatic carbocycles. The fourth-order valence-corrected chi connectivity index (χ4v) is 5.47. The van der Waals surface area contributed by atoms with E-state index in [0.29, 0.717) is 24.1 Å². The van der Waals surface area contributed by atoms with Crippen molar-refractivity contribution in [2.45, 2.75) is 118 Å². The molecule has 0 aromatic carbocycles. The van der Waals surface area contributed by atoms with E-state index < -0.39 is 11.5 Å². The maximum Gasteiger partial charge on any atom is 0.333 e. The highest BCUT2D eigenvalue weighted by molar-refractivity contribution is 5.91. The molecule has 2 amide bonds. The number of hydrogen-bond acceptors (Lipinski definition) is 5. The summed E-state index contributed by atoms with van der Waals surface area (Å²) in [6.45, 7) is 17.0. The predicted octanol–water partition coefficient (Wildman–Crippen LogP) is 4.55. The lowest BCUT2D eigenvalue weighted by Crippen LogP contribution is -2.61. The first-order valence-electron chi connectivity index (χ1n) is 14.0. The number of likely N-dealkylation sites (tertiary alicyclic amines) is 1. The molecule has 0 bridgehead atoms. The molecule has 1 saturated carbocycles. The largest absolute Gasteiger partial charge is 0.463 e. The first-order chi connectivity index (χ1) is 16.8. The summed E-state index contributed by atoms with van der Waals surface area (Å²) in [6.07, 6.45) is 8.57. The number of likely N-dealkylation sites (N-methyl/N-ethyl adjacent to an activating group) is 1. The minimum absolute atomic E-state index is 0.0399. The number of carbonyl (C=O) groups excluding carboxylic acids is 3. The van der Waals surface area contributed by atoms with Crippen LogP contribution in [0.15, 0.2) is 11.6 Å². The van der Waals surface area contributed by atoms with Gasteiger partial charge in [0.2, 0.25) is 11.8 Å². The van der Waals surface area contributed by atoms with Gasteiger partial charge in [-0.15, -0.1) is 0 Å². The zero-order chi connectivity index (χ0) is 27.2. The van der Waals surface area contributed by atoms with E-state index in [1.807, 2.05) is 40.7 Å². The zero-order valence-corrected chi connectivity index (χ0v) is 24.2. The van der Waals surface area contributed by atoms with Crippen LogP contribution >= 0.6 is 0 Å². The van der Waals surface area contributed by atoms with Crippen LogP contribution in [0.2, 0.25) is 0 Å². The van der Waals surface area contributed by atoms with Gasteiger partial charge in [-0.2, -0.15) is 0 Å². The Labute approximate surface area is 219 Å². The summed E-state index contributed by atoms with van der Waals surface area (Å²) >= 11 is 0. The molecule has 206 valence electrons. The third-order valence-corrected chi connectivity index (χ3v) is 8.10. The molecule has 1 N–H and O–H groups in total. The van der Waals surface area contributed by atoms with Crippen LogP contribution < -0.4 is 5.32 Å². The Bertz CT molecular complexity index is 797. The summed E-state index contributed by atoms with van der Waals surface area (Å²) in [5.41, 5.74) is 0.0102. The van der Waals surface area contributed by atoms with Crippen molar-refractivity contribution in [3.63, 3.8) is 0 Å².